The zero-order valence-corrected chi connectivity index (χ0v) is 44.0. The molecule has 5 rings (SSSR count). The predicted molar refractivity (Wildman–Crippen MR) is 195 cm³/mol. The molecular formula is C36H56NNa3O16S3. The minimum absolute atomic E-state index is 0. The molecular weight excluding hydrogens is 868 g/mol. The van der Waals surface area contributed by atoms with Crippen molar-refractivity contribution >= 4 is 36.8 Å². The van der Waals surface area contributed by atoms with Gasteiger partial charge < -0.3 is 38.7 Å². The maximum Gasteiger partial charge on any atom is 1.00 e. The van der Waals surface area contributed by atoms with E-state index in [0.717, 1.165) is 19.3 Å². The Hall–Kier alpha value is 1.44. The summed E-state index contributed by atoms with van der Waals surface area (Å²) in [5.41, 5.74) is 0.586. The van der Waals surface area contributed by atoms with E-state index in [4.69, 9.17) is 13.7 Å². The number of carbonyl (C=O) groups is 1. The Morgan fingerprint density at radius 1 is 0.932 bits per heavy atom. The van der Waals surface area contributed by atoms with Crippen molar-refractivity contribution < 1.29 is 160 Å². The summed E-state index contributed by atoms with van der Waals surface area (Å²) in [6.07, 6.45) is 0.950. The number of amides is 1. The molecule has 23 heteroatoms. The summed E-state index contributed by atoms with van der Waals surface area (Å²) in [6.45, 7) is 11.3. The van der Waals surface area contributed by atoms with Gasteiger partial charge in [0.25, 0.3) is 0 Å². The van der Waals surface area contributed by atoms with Gasteiger partial charge in [-0.3, -0.25) is 13.2 Å². The number of aliphatic hydroxyl groups is 2. The molecule has 0 bridgehead atoms. The van der Waals surface area contributed by atoms with Crippen LogP contribution in [0.15, 0.2) is 23.8 Å². The molecule has 4 aliphatic carbocycles. The Morgan fingerprint density at radius 3 is 2.15 bits per heavy atom. The number of nitrogens with one attached hydrogen (secondary N) is 1. The van der Waals surface area contributed by atoms with E-state index in [1.165, 1.54) is 12.5 Å². The van der Waals surface area contributed by atoms with Gasteiger partial charge in [-0.05, 0) is 98.2 Å². The molecule has 322 valence electrons. The first-order chi connectivity index (χ1) is 25.7. The normalized spacial score (nSPS) is 38.8. The second-order valence-electron chi connectivity index (χ2n) is 17.2. The van der Waals surface area contributed by atoms with Crippen LogP contribution in [0.3, 0.4) is 0 Å². The van der Waals surface area contributed by atoms with Crippen molar-refractivity contribution in [3.8, 4) is 0 Å². The van der Waals surface area contributed by atoms with Crippen LogP contribution in [-0.2, 0) is 53.6 Å². The first-order valence-electron chi connectivity index (χ1n) is 19.3. The van der Waals surface area contributed by atoms with E-state index >= 15 is 0 Å². The fraction of sp³-hybridized carbons (Fsp3) is 0.861. The molecule has 0 radical (unpaired) electrons. The molecule has 1 saturated heterocycles. The second kappa shape index (κ2) is 21.8. The largest absolute Gasteiger partial charge is 1.00 e. The van der Waals surface area contributed by atoms with Crippen LogP contribution in [-0.4, -0.2) is 110 Å². The number of rotatable bonds is 14. The van der Waals surface area contributed by atoms with Crippen LogP contribution in [0.1, 0.15) is 86.5 Å². The maximum absolute atomic E-state index is 12.6. The van der Waals surface area contributed by atoms with Gasteiger partial charge in [0.2, 0.25) is 26.7 Å². The number of aliphatic hydroxyl groups excluding tert-OH is 2. The van der Waals surface area contributed by atoms with Crippen molar-refractivity contribution in [1.82, 2.24) is 5.32 Å². The molecule has 0 aromatic rings. The standard InChI is InChI=1S/C36H59NO16S3.3Na/c1-19(21(3)33(40)37-15-16-54(41,42)43)7-8-20(2)25-9-10-26-24-18-29(51-34-31(39)30(38)32(22(4)50-34)53-56(47,48)49)28-17-23(52-55(44,45)46)11-13-36(28,6)27(24)12-14-35(25,26)5;;;/h7-8,12,19-26,28-32,34,38-39H,9-11,13-18H2,1-6H3,(H,37,40)(H,41,42,43)(H,44,45,46)(H,47,48,49);;;/q;3*+1/p-3/b8-7+;;;/t19-,20-,21-,22-,23+,24+,25-,26+,28-,29+,30-,31-,32-,34+,35-,36-;;;/m1.../s1. The number of ether oxygens (including phenoxy) is 2. The smallest absolute Gasteiger partial charge is 0.748 e. The first-order valence-corrected chi connectivity index (χ1v) is 23.5. The van der Waals surface area contributed by atoms with Crippen LogP contribution >= 0.6 is 0 Å². The molecule has 1 aliphatic heterocycles. The average Bonchev–Trinajstić information content (AvgIpc) is 3.43. The molecule has 5 aliphatic rings. The molecule has 0 aromatic carbocycles. The summed E-state index contributed by atoms with van der Waals surface area (Å²) in [6, 6.07) is 0. The Labute approximate surface area is 415 Å². The number of hydrogen-bond donors (Lipinski definition) is 3. The second-order valence-corrected chi connectivity index (χ2v) is 20.7. The van der Waals surface area contributed by atoms with Crippen LogP contribution in [0.4, 0.5) is 0 Å². The van der Waals surface area contributed by atoms with Gasteiger partial charge in [0.15, 0.2) is 6.29 Å². The number of carbonyl (C=O) groups excluding carboxylic acids is 1. The van der Waals surface area contributed by atoms with Crippen molar-refractivity contribution in [2.24, 2.45) is 52.3 Å². The summed E-state index contributed by atoms with van der Waals surface area (Å²) >= 11 is 0. The van der Waals surface area contributed by atoms with Gasteiger partial charge in [0.05, 0.1) is 34.2 Å². The molecule has 17 nitrogen and oxygen atoms in total. The van der Waals surface area contributed by atoms with Crippen LogP contribution in [0.2, 0.25) is 0 Å². The van der Waals surface area contributed by atoms with E-state index < -0.39 is 96.8 Å². The van der Waals surface area contributed by atoms with Crippen molar-refractivity contribution in [2.75, 3.05) is 12.3 Å². The zero-order chi connectivity index (χ0) is 41.8. The molecule has 0 aromatic heterocycles. The molecule has 59 heavy (non-hydrogen) atoms. The topological polar surface area (TPSA) is 278 Å². The van der Waals surface area contributed by atoms with E-state index in [9.17, 15) is 53.9 Å². The quantitative estimate of drug-likeness (QED) is 0.0632. The van der Waals surface area contributed by atoms with Gasteiger partial charge >= 0.3 is 88.7 Å². The van der Waals surface area contributed by atoms with E-state index in [0.29, 0.717) is 19.3 Å². The van der Waals surface area contributed by atoms with Gasteiger partial charge in [-0.25, -0.2) is 25.3 Å². The Balaban J connectivity index is 0.00000400. The van der Waals surface area contributed by atoms with Crippen molar-refractivity contribution in [3.63, 3.8) is 0 Å². The van der Waals surface area contributed by atoms with Gasteiger partial charge in [0.1, 0.15) is 18.3 Å². The van der Waals surface area contributed by atoms with E-state index in [1.54, 1.807) is 6.92 Å². The summed E-state index contributed by atoms with van der Waals surface area (Å²) in [4.78, 5) is 12.6. The van der Waals surface area contributed by atoms with Gasteiger partial charge in [-0.2, -0.15) is 0 Å². The van der Waals surface area contributed by atoms with E-state index in [-0.39, 0.29) is 143 Å². The van der Waals surface area contributed by atoms with Gasteiger partial charge in [-0.1, -0.05) is 58.4 Å². The average molecular weight is 924 g/mol. The number of hydrogen-bond acceptors (Lipinski definition) is 16. The fourth-order valence-electron chi connectivity index (χ4n) is 10.7. The molecule has 4 fully saturated rings. The molecule has 3 N–H and O–H groups in total. The monoisotopic (exact) mass is 923 g/mol. The fourth-order valence-corrected chi connectivity index (χ4v) is 12.1. The minimum atomic E-state index is -5.25. The molecule has 0 spiro atoms. The van der Waals surface area contributed by atoms with Gasteiger partial charge in [0, 0.05) is 12.5 Å². The van der Waals surface area contributed by atoms with Gasteiger partial charge in [-0.15, -0.1) is 0 Å². The first kappa shape index (κ1) is 56.6. The summed E-state index contributed by atoms with van der Waals surface area (Å²) in [5.74, 6) is -1.41. The number of allylic oxidation sites excluding steroid dienone is 4. The molecule has 1 heterocycles. The van der Waals surface area contributed by atoms with Crippen molar-refractivity contribution in [1.29, 1.82) is 0 Å². The van der Waals surface area contributed by atoms with Crippen LogP contribution in [0, 0.1) is 52.3 Å². The summed E-state index contributed by atoms with van der Waals surface area (Å²) in [7, 11) is -14.7. The zero-order valence-electron chi connectivity index (χ0n) is 35.5. The third kappa shape index (κ3) is 13.5. The van der Waals surface area contributed by atoms with E-state index in [2.05, 4.69) is 42.4 Å². The SMILES string of the molecule is C[C@H](/C=C/[C@@H](C)[C@@H](C)C(=O)NCCS(=O)(=O)[O-])[C@H]1CC[C@H]2[C@@H]3C[C@H](O[C@@H]4O[C@H](C)[C@@H](OS(=O)(=O)[O-])[C@H](O)[C@H]4O)[C@H]4C[C@@H](OS(=O)(=O)[O-])CC[C@]4(C)C3=CC[C@]12C.[Na+].[Na+].[Na+]. The Bertz CT molecular complexity index is 1860. The van der Waals surface area contributed by atoms with E-state index in [1.807, 2.05) is 13.0 Å². The van der Waals surface area contributed by atoms with Crippen LogP contribution in [0.5, 0.6) is 0 Å². The minimum Gasteiger partial charge on any atom is -0.748 e. The van der Waals surface area contributed by atoms with Crippen LogP contribution in [0.25, 0.3) is 0 Å². The van der Waals surface area contributed by atoms with Crippen molar-refractivity contribution in [2.45, 2.75) is 129 Å². The Kier molecular flexibility index (Phi) is 20.9. The molecule has 16 atom stereocenters. The Morgan fingerprint density at radius 2 is 1.56 bits per heavy atom. The van der Waals surface area contributed by atoms with Crippen molar-refractivity contribution in [3.05, 3.63) is 23.8 Å². The maximum atomic E-state index is 12.6. The third-order valence-corrected chi connectivity index (χ3v) is 15.5. The van der Waals surface area contributed by atoms with Crippen LogP contribution < -0.4 is 94.0 Å². The third-order valence-electron chi connectivity index (χ3n) is 13.8. The molecule has 1 amide bonds. The summed E-state index contributed by atoms with van der Waals surface area (Å²) < 4.78 is 123. The molecule has 3 saturated carbocycles. The molecule has 0 unspecified atom stereocenters. The predicted octanol–water partition coefficient (Wildman–Crippen LogP) is -7.14. The number of fused-ring (bicyclic) bond motifs is 5. The summed E-state index contributed by atoms with van der Waals surface area (Å²) in [5, 5.41) is 24.4.